The fourth-order valence-corrected chi connectivity index (χ4v) is 2.48. The predicted molar refractivity (Wildman–Crippen MR) is 53.4 cm³/mol. The van der Waals surface area contributed by atoms with Crippen molar-refractivity contribution in [1.82, 2.24) is 0 Å². The highest BCUT2D eigenvalue weighted by molar-refractivity contribution is 4.68. The van der Waals surface area contributed by atoms with Crippen LogP contribution in [0.15, 0.2) is 0 Å². The van der Waals surface area contributed by atoms with Crippen molar-refractivity contribution in [3.8, 4) is 0 Å². The monoisotopic (exact) mass is 216 g/mol. The normalized spacial score (nSPS) is 30.8. The summed E-state index contributed by atoms with van der Waals surface area (Å²) in [6, 6.07) is 0. The summed E-state index contributed by atoms with van der Waals surface area (Å²) < 4.78 is 0. The second-order valence-electron chi connectivity index (χ2n) is 4.59. The molecule has 0 radical (unpaired) electrons. The van der Waals surface area contributed by atoms with Gasteiger partial charge < -0.3 is 0 Å². The molecule has 4 heteroatoms. The largest absolute Gasteiger partial charge is 0.201 e. The van der Waals surface area contributed by atoms with E-state index in [1.165, 1.54) is 44.9 Å². The van der Waals surface area contributed by atoms with Crippen molar-refractivity contribution < 1.29 is 19.9 Å². The Labute approximate surface area is 90.6 Å². The summed E-state index contributed by atoms with van der Waals surface area (Å²) in [5.74, 6) is 0.764. The maximum absolute atomic E-state index is 5.01. The molecule has 1 aliphatic heterocycles. The third kappa shape index (κ3) is 4.07. The molecule has 0 aromatic rings. The van der Waals surface area contributed by atoms with Crippen LogP contribution in [-0.4, -0.2) is 12.7 Å². The van der Waals surface area contributed by atoms with Crippen LogP contribution in [0.2, 0.25) is 0 Å². The SMILES string of the molecule is C1CCCC(CC2COOOO2)CCC1. The second kappa shape index (κ2) is 6.43. The summed E-state index contributed by atoms with van der Waals surface area (Å²) in [6.07, 6.45) is 10.6. The molecule has 2 rings (SSSR count). The molecule has 1 saturated heterocycles. The van der Waals surface area contributed by atoms with E-state index in [0.29, 0.717) is 6.61 Å². The number of hydrogen-bond donors (Lipinski definition) is 0. The zero-order valence-electron chi connectivity index (χ0n) is 9.15. The first kappa shape index (κ1) is 11.3. The molecule has 0 amide bonds. The van der Waals surface area contributed by atoms with E-state index >= 15 is 0 Å². The van der Waals surface area contributed by atoms with Crippen LogP contribution >= 0.6 is 0 Å². The van der Waals surface area contributed by atoms with E-state index in [1.807, 2.05) is 0 Å². The lowest BCUT2D eigenvalue weighted by atomic mass is 9.87. The van der Waals surface area contributed by atoms with Crippen molar-refractivity contribution in [3.05, 3.63) is 0 Å². The Morgan fingerprint density at radius 1 is 0.867 bits per heavy atom. The third-order valence-electron chi connectivity index (χ3n) is 3.33. The molecule has 0 N–H and O–H groups in total. The molecule has 0 aromatic heterocycles. The van der Waals surface area contributed by atoms with Crippen LogP contribution < -0.4 is 0 Å². The molecule has 2 fully saturated rings. The van der Waals surface area contributed by atoms with E-state index in [4.69, 9.17) is 9.78 Å². The second-order valence-corrected chi connectivity index (χ2v) is 4.59. The van der Waals surface area contributed by atoms with Crippen molar-refractivity contribution in [1.29, 1.82) is 0 Å². The molecule has 1 heterocycles. The topological polar surface area (TPSA) is 36.9 Å². The zero-order valence-corrected chi connectivity index (χ0v) is 9.15. The standard InChI is InChI=1S/C11H20O4/c1-2-4-6-10(7-5-3-1)8-11-9-12-14-15-13-11/h10-11H,1-9H2. The summed E-state index contributed by atoms with van der Waals surface area (Å²) in [7, 11) is 0. The molecule has 88 valence electrons. The molecule has 2 aliphatic rings. The van der Waals surface area contributed by atoms with Gasteiger partial charge in [0.05, 0.1) is 0 Å². The van der Waals surface area contributed by atoms with Gasteiger partial charge >= 0.3 is 0 Å². The summed E-state index contributed by atoms with van der Waals surface area (Å²) in [5.41, 5.74) is 0. The van der Waals surface area contributed by atoms with E-state index in [1.54, 1.807) is 0 Å². The van der Waals surface area contributed by atoms with Crippen LogP contribution in [0.25, 0.3) is 0 Å². The van der Waals surface area contributed by atoms with Crippen LogP contribution in [0.3, 0.4) is 0 Å². The van der Waals surface area contributed by atoms with Gasteiger partial charge in [0.25, 0.3) is 0 Å². The van der Waals surface area contributed by atoms with Crippen LogP contribution in [-0.2, 0) is 19.9 Å². The van der Waals surface area contributed by atoms with Crippen LogP contribution in [0.4, 0.5) is 0 Å². The summed E-state index contributed by atoms with van der Waals surface area (Å²) in [6.45, 7) is 0.483. The van der Waals surface area contributed by atoms with Crippen LogP contribution in [0, 0.1) is 5.92 Å². The Kier molecular flexibility index (Phi) is 4.86. The van der Waals surface area contributed by atoms with Crippen molar-refractivity contribution in [2.45, 2.75) is 57.5 Å². The van der Waals surface area contributed by atoms with Crippen molar-refractivity contribution in [3.63, 3.8) is 0 Å². The van der Waals surface area contributed by atoms with Gasteiger partial charge in [0.1, 0.15) is 12.7 Å². The van der Waals surface area contributed by atoms with Gasteiger partial charge in [-0.25, -0.2) is 4.89 Å². The summed E-state index contributed by atoms with van der Waals surface area (Å²) >= 11 is 0. The van der Waals surface area contributed by atoms with E-state index in [-0.39, 0.29) is 6.10 Å². The van der Waals surface area contributed by atoms with Crippen molar-refractivity contribution in [2.24, 2.45) is 5.92 Å². The van der Waals surface area contributed by atoms with E-state index in [0.717, 1.165) is 12.3 Å². The molecule has 1 unspecified atom stereocenters. The van der Waals surface area contributed by atoms with E-state index < -0.39 is 0 Å². The fraction of sp³-hybridized carbons (Fsp3) is 1.00. The smallest absolute Gasteiger partial charge is 0.123 e. The molecule has 0 aromatic carbocycles. The Morgan fingerprint density at radius 3 is 2.27 bits per heavy atom. The molecular formula is C11H20O4. The van der Waals surface area contributed by atoms with Gasteiger partial charge in [-0.1, -0.05) is 44.9 Å². The predicted octanol–water partition coefficient (Wildman–Crippen LogP) is 2.93. The highest BCUT2D eigenvalue weighted by Gasteiger charge is 2.22. The van der Waals surface area contributed by atoms with Gasteiger partial charge in [-0.3, -0.25) is 0 Å². The maximum atomic E-state index is 5.01. The van der Waals surface area contributed by atoms with Gasteiger partial charge in [0, 0.05) is 0 Å². The number of hydrogen-bond acceptors (Lipinski definition) is 4. The Hall–Kier alpha value is -0.160. The minimum Gasteiger partial charge on any atom is -0.201 e. The van der Waals surface area contributed by atoms with Gasteiger partial charge in [-0.2, -0.15) is 4.89 Å². The average molecular weight is 216 g/mol. The zero-order chi connectivity index (χ0) is 10.3. The lowest BCUT2D eigenvalue weighted by Gasteiger charge is -2.25. The molecule has 15 heavy (non-hydrogen) atoms. The molecule has 1 atom stereocenters. The molecule has 0 spiro atoms. The molecule has 1 aliphatic carbocycles. The highest BCUT2D eigenvalue weighted by atomic mass is 17.7. The quantitative estimate of drug-likeness (QED) is 0.665. The maximum Gasteiger partial charge on any atom is 0.123 e. The molecule has 4 nitrogen and oxygen atoms in total. The number of rotatable bonds is 2. The first-order valence-electron chi connectivity index (χ1n) is 6.07. The average Bonchev–Trinajstić information content (AvgIpc) is 2.23. The van der Waals surface area contributed by atoms with Gasteiger partial charge in [-0.15, -0.1) is 0 Å². The highest BCUT2D eigenvalue weighted by Crippen LogP contribution is 2.27. The van der Waals surface area contributed by atoms with Crippen molar-refractivity contribution >= 4 is 0 Å². The minimum atomic E-state index is 0.0446. The van der Waals surface area contributed by atoms with Crippen LogP contribution in [0.5, 0.6) is 0 Å². The Morgan fingerprint density at radius 2 is 1.60 bits per heavy atom. The van der Waals surface area contributed by atoms with E-state index in [9.17, 15) is 0 Å². The first-order chi connectivity index (χ1) is 7.45. The van der Waals surface area contributed by atoms with E-state index in [2.05, 4.69) is 10.1 Å². The molecule has 1 saturated carbocycles. The minimum absolute atomic E-state index is 0.0446. The Balaban J connectivity index is 1.70. The Bertz CT molecular complexity index is 160. The third-order valence-corrected chi connectivity index (χ3v) is 3.33. The summed E-state index contributed by atoms with van der Waals surface area (Å²) in [5, 5.41) is 8.57. The lowest BCUT2D eigenvalue weighted by molar-refractivity contribution is -0.676. The fourth-order valence-electron chi connectivity index (χ4n) is 2.48. The van der Waals surface area contributed by atoms with Crippen LogP contribution in [0.1, 0.15) is 51.4 Å². The van der Waals surface area contributed by atoms with Gasteiger partial charge in [0.15, 0.2) is 0 Å². The molecular weight excluding hydrogens is 196 g/mol. The van der Waals surface area contributed by atoms with Gasteiger partial charge in [0.2, 0.25) is 0 Å². The molecule has 0 bridgehead atoms. The van der Waals surface area contributed by atoms with Gasteiger partial charge in [-0.05, 0) is 22.4 Å². The summed E-state index contributed by atoms with van der Waals surface area (Å²) in [4.78, 5) is 9.74. The van der Waals surface area contributed by atoms with Crippen molar-refractivity contribution in [2.75, 3.05) is 6.61 Å². The first-order valence-corrected chi connectivity index (χ1v) is 6.07. The lowest BCUT2D eigenvalue weighted by Crippen LogP contribution is -2.28.